The van der Waals surface area contributed by atoms with Gasteiger partial charge in [-0.1, -0.05) is 42.6 Å². The topological polar surface area (TPSA) is 18.5 Å². The molecule has 0 heterocycles. The summed E-state index contributed by atoms with van der Waals surface area (Å²) >= 11 is 7.39. The fraction of sp³-hybridized carbons (Fsp3) is 0.625. The van der Waals surface area contributed by atoms with E-state index in [0.29, 0.717) is 10.7 Å². The first kappa shape index (κ1) is 17.8. The second-order valence-corrected chi connectivity index (χ2v) is 6.81. The summed E-state index contributed by atoms with van der Waals surface area (Å²) in [5, 5.41) is 0. The van der Waals surface area contributed by atoms with Crippen LogP contribution >= 0.6 is 31.9 Å². The number of halogens is 2. The third-order valence-corrected chi connectivity index (χ3v) is 5.39. The molecule has 0 fully saturated rings. The summed E-state index contributed by atoms with van der Waals surface area (Å²) in [6.45, 7) is 4.48. The molecule has 1 rings (SSSR count). The van der Waals surface area contributed by atoms with Gasteiger partial charge in [0.2, 0.25) is 0 Å². The molecule has 2 nitrogen and oxygen atoms in total. The molecule has 1 aromatic carbocycles. The predicted octanol–water partition coefficient (Wildman–Crippen LogP) is 6.12. The number of hydrogen-bond acceptors (Lipinski definition) is 2. The molecule has 0 bridgehead atoms. The van der Waals surface area contributed by atoms with E-state index in [-0.39, 0.29) is 0 Å². The molecule has 0 aliphatic carbocycles. The maximum atomic E-state index is 5.54. The van der Waals surface area contributed by atoms with E-state index >= 15 is 0 Å². The van der Waals surface area contributed by atoms with Crippen LogP contribution in [0.5, 0.6) is 11.5 Å². The Labute approximate surface area is 139 Å². The van der Waals surface area contributed by atoms with E-state index in [1.54, 1.807) is 14.2 Å². The molecule has 0 amide bonds. The van der Waals surface area contributed by atoms with Crippen LogP contribution in [0.25, 0.3) is 0 Å². The van der Waals surface area contributed by atoms with Crippen molar-refractivity contribution in [3.05, 3.63) is 22.2 Å². The van der Waals surface area contributed by atoms with Crippen molar-refractivity contribution < 1.29 is 9.47 Å². The third kappa shape index (κ3) is 4.39. The molecule has 0 spiro atoms. The van der Waals surface area contributed by atoms with Crippen molar-refractivity contribution in [1.29, 1.82) is 0 Å². The first-order valence-corrected chi connectivity index (χ1v) is 8.85. The Hall–Kier alpha value is -0.220. The van der Waals surface area contributed by atoms with Crippen LogP contribution in [0.1, 0.15) is 49.9 Å². The van der Waals surface area contributed by atoms with Gasteiger partial charge in [0.1, 0.15) is 11.5 Å². The molecule has 4 heteroatoms. The van der Waals surface area contributed by atoms with Gasteiger partial charge in [0.25, 0.3) is 0 Å². The Bertz CT molecular complexity index is 415. The lowest BCUT2D eigenvalue weighted by Crippen LogP contribution is -2.09. The summed E-state index contributed by atoms with van der Waals surface area (Å²) in [4.78, 5) is 0.291. The molecule has 20 heavy (non-hydrogen) atoms. The minimum Gasteiger partial charge on any atom is -0.496 e. The maximum absolute atomic E-state index is 5.54. The van der Waals surface area contributed by atoms with Crippen LogP contribution in [-0.4, -0.2) is 14.2 Å². The van der Waals surface area contributed by atoms with Crippen molar-refractivity contribution in [3.63, 3.8) is 0 Å². The van der Waals surface area contributed by atoms with Crippen LogP contribution in [0.15, 0.2) is 16.6 Å². The van der Waals surface area contributed by atoms with Crippen molar-refractivity contribution in [2.45, 2.75) is 44.4 Å². The van der Waals surface area contributed by atoms with Gasteiger partial charge >= 0.3 is 0 Å². The van der Waals surface area contributed by atoms with E-state index in [1.165, 1.54) is 31.2 Å². The molecule has 0 aliphatic rings. The van der Waals surface area contributed by atoms with Crippen LogP contribution in [0.4, 0.5) is 0 Å². The minimum atomic E-state index is 0.291. The maximum Gasteiger partial charge on any atom is 0.133 e. The highest BCUT2D eigenvalue weighted by Gasteiger charge is 2.23. The van der Waals surface area contributed by atoms with Crippen LogP contribution in [0.3, 0.4) is 0 Å². The minimum absolute atomic E-state index is 0.291. The lowest BCUT2D eigenvalue weighted by molar-refractivity contribution is 0.383. The Morgan fingerprint density at radius 3 is 2.00 bits per heavy atom. The summed E-state index contributed by atoms with van der Waals surface area (Å²) in [6.07, 6.45) is 4.82. The summed E-state index contributed by atoms with van der Waals surface area (Å²) < 4.78 is 11.9. The number of benzene rings is 1. The number of rotatable bonds is 8. The van der Waals surface area contributed by atoms with Gasteiger partial charge in [0, 0.05) is 10.4 Å². The van der Waals surface area contributed by atoms with Crippen molar-refractivity contribution in [3.8, 4) is 11.5 Å². The van der Waals surface area contributed by atoms with E-state index in [2.05, 4.69) is 51.8 Å². The summed E-state index contributed by atoms with van der Waals surface area (Å²) in [5.74, 6) is 2.36. The normalized spacial score (nSPS) is 12.6. The Balaban J connectivity index is 3.13. The first-order chi connectivity index (χ1) is 9.58. The Morgan fingerprint density at radius 1 is 1.00 bits per heavy atom. The zero-order chi connectivity index (χ0) is 15.1. The molecule has 0 aliphatic heterocycles. The highest BCUT2D eigenvalue weighted by Crippen LogP contribution is 2.44. The largest absolute Gasteiger partial charge is 0.496 e. The monoisotopic (exact) mass is 406 g/mol. The van der Waals surface area contributed by atoms with Gasteiger partial charge in [-0.15, -0.1) is 0 Å². The second-order valence-electron chi connectivity index (χ2n) is 4.97. The molecule has 1 unspecified atom stereocenters. The molecule has 114 valence electrons. The third-order valence-electron chi connectivity index (χ3n) is 3.53. The number of alkyl halides is 1. The number of hydrogen-bond donors (Lipinski definition) is 0. The van der Waals surface area contributed by atoms with E-state index in [4.69, 9.17) is 9.47 Å². The van der Waals surface area contributed by atoms with Gasteiger partial charge < -0.3 is 9.47 Å². The highest BCUT2D eigenvalue weighted by atomic mass is 79.9. The predicted molar refractivity (Wildman–Crippen MR) is 92.2 cm³/mol. The highest BCUT2D eigenvalue weighted by molar-refractivity contribution is 9.10. The summed E-state index contributed by atoms with van der Waals surface area (Å²) in [7, 11) is 3.40. The van der Waals surface area contributed by atoms with Gasteiger partial charge in [-0.25, -0.2) is 0 Å². The zero-order valence-corrected chi connectivity index (χ0v) is 15.9. The lowest BCUT2D eigenvalue weighted by Gasteiger charge is -2.24. The fourth-order valence-electron chi connectivity index (χ4n) is 2.53. The van der Waals surface area contributed by atoms with Crippen LogP contribution in [0.2, 0.25) is 0 Å². The van der Waals surface area contributed by atoms with Crippen LogP contribution in [-0.2, 0) is 0 Å². The van der Waals surface area contributed by atoms with Crippen molar-refractivity contribution in [1.82, 2.24) is 0 Å². The smallest absolute Gasteiger partial charge is 0.133 e. The number of ether oxygens (including phenoxy) is 2. The number of methoxy groups -OCH3 is 2. The van der Waals surface area contributed by atoms with Crippen molar-refractivity contribution >= 4 is 31.9 Å². The SMILES string of the molecule is CCCC(CCC)C(Br)c1cc(OC)c(Br)cc1OC. The van der Waals surface area contributed by atoms with E-state index < -0.39 is 0 Å². The molecule has 0 aromatic heterocycles. The van der Waals surface area contributed by atoms with Crippen LogP contribution in [0, 0.1) is 5.92 Å². The summed E-state index contributed by atoms with van der Waals surface area (Å²) in [5.41, 5.74) is 1.17. The van der Waals surface area contributed by atoms with E-state index in [9.17, 15) is 0 Å². The fourth-order valence-corrected chi connectivity index (χ4v) is 3.90. The van der Waals surface area contributed by atoms with Crippen molar-refractivity contribution in [2.75, 3.05) is 14.2 Å². The molecule has 0 radical (unpaired) electrons. The second kappa shape index (κ2) is 8.93. The average molecular weight is 408 g/mol. The van der Waals surface area contributed by atoms with E-state index in [1.807, 2.05) is 6.07 Å². The standard InChI is InChI=1S/C16H24Br2O2/c1-5-7-11(8-6-2)16(18)12-9-15(20-4)13(17)10-14(12)19-3/h9-11,16H,5-8H2,1-4H3. The molecular weight excluding hydrogens is 384 g/mol. The van der Waals surface area contributed by atoms with Crippen LogP contribution < -0.4 is 9.47 Å². The van der Waals surface area contributed by atoms with Gasteiger partial charge in [-0.05, 0) is 46.8 Å². The quantitative estimate of drug-likeness (QED) is 0.483. The van der Waals surface area contributed by atoms with E-state index in [0.717, 1.165) is 16.0 Å². The molecule has 0 N–H and O–H groups in total. The molecule has 1 aromatic rings. The molecule has 0 saturated carbocycles. The molecule has 0 saturated heterocycles. The van der Waals surface area contributed by atoms with Gasteiger partial charge in [0.15, 0.2) is 0 Å². The average Bonchev–Trinajstić information content (AvgIpc) is 2.46. The summed E-state index contributed by atoms with van der Waals surface area (Å²) in [6, 6.07) is 4.05. The first-order valence-electron chi connectivity index (χ1n) is 7.14. The zero-order valence-electron chi connectivity index (χ0n) is 12.7. The Kier molecular flexibility index (Phi) is 7.96. The molecule has 1 atom stereocenters. The van der Waals surface area contributed by atoms with Gasteiger partial charge in [-0.3, -0.25) is 0 Å². The lowest BCUT2D eigenvalue weighted by atomic mass is 9.90. The Morgan fingerprint density at radius 2 is 1.55 bits per heavy atom. The van der Waals surface area contributed by atoms with Crippen molar-refractivity contribution in [2.24, 2.45) is 5.92 Å². The van der Waals surface area contributed by atoms with Gasteiger partial charge in [-0.2, -0.15) is 0 Å². The molecular formula is C16H24Br2O2. The van der Waals surface area contributed by atoms with Gasteiger partial charge in [0.05, 0.1) is 18.7 Å².